The van der Waals surface area contributed by atoms with Crippen molar-refractivity contribution in [3.63, 3.8) is 0 Å². The van der Waals surface area contributed by atoms with Crippen LogP contribution >= 0.6 is 11.3 Å². The van der Waals surface area contributed by atoms with Crippen LogP contribution in [0.5, 0.6) is 0 Å². The number of carbonyl (C=O) groups is 1. The Bertz CT molecular complexity index is 658. The lowest BCUT2D eigenvalue weighted by Gasteiger charge is -2.33. The van der Waals surface area contributed by atoms with E-state index in [1.165, 1.54) is 0 Å². The number of aromatic nitrogens is 3. The predicted molar refractivity (Wildman–Crippen MR) is 90.9 cm³/mol. The van der Waals surface area contributed by atoms with Gasteiger partial charge in [-0.05, 0) is 12.8 Å². The average Bonchev–Trinajstić information content (AvgIpc) is 3.06. The van der Waals surface area contributed by atoms with Crippen LogP contribution in [0.2, 0.25) is 0 Å². The number of amides is 1. The van der Waals surface area contributed by atoms with Gasteiger partial charge in [-0.25, -0.2) is 9.97 Å². The molecule has 7 heteroatoms. The van der Waals surface area contributed by atoms with Gasteiger partial charge in [0.2, 0.25) is 0 Å². The summed E-state index contributed by atoms with van der Waals surface area (Å²) in [6, 6.07) is 0.113. The Hall–Kier alpha value is -2.02. The van der Waals surface area contributed by atoms with Crippen LogP contribution in [0.4, 0.5) is 5.82 Å². The van der Waals surface area contributed by atoms with Crippen LogP contribution in [0.1, 0.15) is 48.1 Å². The van der Waals surface area contributed by atoms with Crippen molar-refractivity contribution >= 4 is 23.1 Å². The van der Waals surface area contributed by atoms with E-state index in [0.29, 0.717) is 11.6 Å². The molecule has 0 saturated carbocycles. The molecule has 0 radical (unpaired) electrons. The Morgan fingerprint density at radius 1 is 1.43 bits per heavy atom. The monoisotopic (exact) mass is 331 g/mol. The van der Waals surface area contributed by atoms with Crippen LogP contribution in [0.15, 0.2) is 24.0 Å². The highest BCUT2D eigenvalue weighted by Gasteiger charge is 2.23. The van der Waals surface area contributed by atoms with Gasteiger partial charge in [-0.2, -0.15) is 0 Å². The molecule has 1 atom stereocenters. The Morgan fingerprint density at radius 2 is 2.30 bits per heavy atom. The molecule has 6 nitrogen and oxygen atoms in total. The second kappa shape index (κ2) is 7.04. The summed E-state index contributed by atoms with van der Waals surface area (Å²) >= 11 is 1.54. The van der Waals surface area contributed by atoms with E-state index in [4.69, 9.17) is 0 Å². The maximum atomic E-state index is 12.4. The number of anilines is 1. The zero-order valence-electron chi connectivity index (χ0n) is 13.4. The van der Waals surface area contributed by atoms with Crippen LogP contribution in [0, 0.1) is 0 Å². The van der Waals surface area contributed by atoms with Crippen molar-refractivity contribution in [1.29, 1.82) is 0 Å². The second-order valence-electron chi connectivity index (χ2n) is 6.05. The van der Waals surface area contributed by atoms with Gasteiger partial charge in [-0.3, -0.25) is 9.78 Å². The van der Waals surface area contributed by atoms with Gasteiger partial charge < -0.3 is 10.2 Å². The van der Waals surface area contributed by atoms with Gasteiger partial charge in [-0.1, -0.05) is 13.8 Å². The van der Waals surface area contributed by atoms with Crippen molar-refractivity contribution in [3.8, 4) is 0 Å². The molecular weight excluding hydrogens is 310 g/mol. The zero-order chi connectivity index (χ0) is 16.2. The molecule has 0 aromatic carbocycles. The summed E-state index contributed by atoms with van der Waals surface area (Å²) in [5.41, 5.74) is 0.523. The van der Waals surface area contributed by atoms with Crippen molar-refractivity contribution in [1.82, 2.24) is 20.3 Å². The first kappa shape index (κ1) is 15.9. The second-order valence-corrected chi connectivity index (χ2v) is 6.94. The molecule has 3 heterocycles. The van der Waals surface area contributed by atoms with Crippen LogP contribution < -0.4 is 10.2 Å². The van der Waals surface area contributed by atoms with Crippen LogP contribution in [0.3, 0.4) is 0 Å². The molecule has 2 aromatic rings. The third kappa shape index (κ3) is 3.85. The first-order chi connectivity index (χ1) is 11.1. The van der Waals surface area contributed by atoms with E-state index < -0.39 is 0 Å². The minimum absolute atomic E-state index is 0.0841. The highest BCUT2D eigenvalue weighted by Crippen LogP contribution is 2.20. The van der Waals surface area contributed by atoms with E-state index in [9.17, 15) is 4.79 Å². The minimum atomic E-state index is -0.0841. The van der Waals surface area contributed by atoms with Crippen molar-refractivity contribution < 1.29 is 4.79 Å². The third-order valence-electron chi connectivity index (χ3n) is 3.88. The van der Waals surface area contributed by atoms with E-state index in [2.05, 4.69) is 39.0 Å². The number of hydrogen-bond donors (Lipinski definition) is 1. The number of carbonyl (C=O) groups excluding carboxylic acids is 1. The fraction of sp³-hybridized carbons (Fsp3) is 0.500. The van der Waals surface area contributed by atoms with Crippen molar-refractivity contribution in [2.45, 2.75) is 38.6 Å². The average molecular weight is 331 g/mol. The number of thiazole rings is 1. The van der Waals surface area contributed by atoms with Crippen molar-refractivity contribution in [2.24, 2.45) is 0 Å². The molecule has 1 aliphatic heterocycles. The highest BCUT2D eigenvalue weighted by molar-refractivity contribution is 7.09. The number of nitrogens with zero attached hydrogens (tertiary/aromatic N) is 4. The van der Waals surface area contributed by atoms with Crippen LogP contribution in [-0.4, -0.2) is 40.0 Å². The fourth-order valence-electron chi connectivity index (χ4n) is 2.67. The summed E-state index contributed by atoms with van der Waals surface area (Å²) in [6.07, 6.45) is 7.13. The van der Waals surface area contributed by atoms with E-state index in [1.807, 2.05) is 5.38 Å². The van der Waals surface area contributed by atoms with E-state index in [-0.39, 0.29) is 11.9 Å². The van der Waals surface area contributed by atoms with Crippen molar-refractivity contribution in [3.05, 3.63) is 34.7 Å². The molecule has 0 aliphatic carbocycles. The minimum Gasteiger partial charge on any atom is -0.353 e. The zero-order valence-corrected chi connectivity index (χ0v) is 14.2. The number of piperidine rings is 1. The van der Waals surface area contributed by atoms with Crippen LogP contribution in [0.25, 0.3) is 0 Å². The first-order valence-corrected chi connectivity index (χ1v) is 8.78. The topological polar surface area (TPSA) is 71.0 Å². The molecular formula is C16H21N5OS. The summed E-state index contributed by atoms with van der Waals surface area (Å²) in [5.74, 6) is 1.13. The third-order valence-corrected chi connectivity index (χ3v) is 5.02. The quantitative estimate of drug-likeness (QED) is 0.932. The lowest BCUT2D eigenvalue weighted by molar-refractivity contribution is 0.0928. The van der Waals surface area contributed by atoms with Crippen LogP contribution in [-0.2, 0) is 0 Å². The maximum Gasteiger partial charge on any atom is 0.271 e. The Balaban J connectivity index is 1.62. The molecule has 23 heavy (non-hydrogen) atoms. The number of nitrogens with one attached hydrogen (secondary N) is 1. The van der Waals surface area contributed by atoms with Gasteiger partial charge in [0, 0.05) is 42.8 Å². The molecule has 2 aromatic heterocycles. The SMILES string of the molecule is CC(C)c1nc(C(=O)N[C@@H]2CCCN(c3cnccn3)C2)cs1. The molecule has 1 saturated heterocycles. The molecule has 1 aliphatic rings. The van der Waals surface area contributed by atoms with Gasteiger partial charge in [0.1, 0.15) is 11.5 Å². The maximum absolute atomic E-state index is 12.4. The fourth-order valence-corrected chi connectivity index (χ4v) is 3.49. The molecule has 1 N–H and O–H groups in total. The van der Waals surface area contributed by atoms with Gasteiger partial charge in [0.05, 0.1) is 11.2 Å². The lowest BCUT2D eigenvalue weighted by atomic mass is 10.1. The summed E-state index contributed by atoms with van der Waals surface area (Å²) in [5, 5.41) is 5.94. The lowest BCUT2D eigenvalue weighted by Crippen LogP contribution is -2.48. The number of hydrogen-bond acceptors (Lipinski definition) is 6. The van der Waals surface area contributed by atoms with Gasteiger partial charge in [-0.15, -0.1) is 11.3 Å². The summed E-state index contributed by atoms with van der Waals surface area (Å²) < 4.78 is 0. The Morgan fingerprint density at radius 3 is 3.00 bits per heavy atom. The largest absolute Gasteiger partial charge is 0.353 e. The summed E-state index contributed by atoms with van der Waals surface area (Å²) in [7, 11) is 0. The predicted octanol–water partition coefficient (Wildman–Crippen LogP) is 2.46. The van der Waals surface area contributed by atoms with Crippen molar-refractivity contribution in [2.75, 3.05) is 18.0 Å². The highest BCUT2D eigenvalue weighted by atomic mass is 32.1. The Labute approximate surface area is 140 Å². The first-order valence-electron chi connectivity index (χ1n) is 7.90. The molecule has 122 valence electrons. The Kier molecular flexibility index (Phi) is 4.85. The molecule has 3 rings (SSSR count). The van der Waals surface area contributed by atoms with E-state index >= 15 is 0 Å². The summed E-state index contributed by atoms with van der Waals surface area (Å²) in [4.78, 5) is 27.4. The van der Waals surface area contributed by atoms with E-state index in [0.717, 1.165) is 36.8 Å². The summed E-state index contributed by atoms with van der Waals surface area (Å²) in [6.45, 7) is 5.87. The molecule has 0 unspecified atom stereocenters. The smallest absolute Gasteiger partial charge is 0.271 e. The molecule has 0 spiro atoms. The molecule has 0 bridgehead atoms. The van der Waals surface area contributed by atoms with Gasteiger partial charge in [0.15, 0.2) is 0 Å². The molecule has 1 amide bonds. The van der Waals surface area contributed by atoms with Gasteiger partial charge >= 0.3 is 0 Å². The van der Waals surface area contributed by atoms with E-state index in [1.54, 1.807) is 29.9 Å². The molecule has 1 fully saturated rings. The van der Waals surface area contributed by atoms with Gasteiger partial charge in [0.25, 0.3) is 5.91 Å². The number of rotatable bonds is 4. The normalized spacial score (nSPS) is 18.2. The standard InChI is InChI=1S/C16H21N5OS/c1-11(2)16-20-13(10-23-16)15(22)19-12-4-3-7-21(9-12)14-8-17-5-6-18-14/h5-6,8,10-12H,3-4,7,9H2,1-2H3,(H,19,22)/t12-/m1/s1.